The van der Waals surface area contributed by atoms with Crippen LogP contribution in [0, 0.1) is 10.1 Å². The lowest BCUT2D eigenvalue weighted by Crippen LogP contribution is -2.28. The maximum Gasteiger partial charge on any atom is 0.269 e. The van der Waals surface area contributed by atoms with E-state index in [9.17, 15) is 14.9 Å². The van der Waals surface area contributed by atoms with Gasteiger partial charge in [-0.2, -0.15) is 0 Å². The Morgan fingerprint density at radius 2 is 2.17 bits per heavy atom. The summed E-state index contributed by atoms with van der Waals surface area (Å²) in [7, 11) is 0. The number of ether oxygens (including phenoxy) is 1. The van der Waals surface area contributed by atoms with Crippen molar-refractivity contribution in [3.63, 3.8) is 0 Å². The molecule has 1 N–H and O–H groups in total. The fourth-order valence-corrected chi connectivity index (χ4v) is 1.35. The lowest BCUT2D eigenvalue weighted by atomic mass is 10.2. The second-order valence-electron chi connectivity index (χ2n) is 3.40. The van der Waals surface area contributed by atoms with Crippen molar-refractivity contribution in [2.24, 2.45) is 0 Å². The largest absolute Gasteiger partial charge is 0.354 e. The predicted octanol–water partition coefficient (Wildman–Crippen LogP) is 1.93. The first-order valence-corrected chi connectivity index (χ1v) is 5.37. The molecule has 0 aliphatic carbocycles. The van der Waals surface area contributed by atoms with Crippen molar-refractivity contribution >= 4 is 11.6 Å². The summed E-state index contributed by atoms with van der Waals surface area (Å²) in [6.45, 7) is 5.54. The monoisotopic (exact) mass is 250 g/mol. The number of nitrogens with zero attached hydrogens (tertiary/aromatic N) is 1. The van der Waals surface area contributed by atoms with Gasteiger partial charge in [0.25, 0.3) is 5.69 Å². The lowest BCUT2D eigenvalue weighted by molar-refractivity contribution is -0.384. The zero-order valence-electron chi connectivity index (χ0n) is 9.96. The molecule has 96 valence electrons. The number of nitro groups is 1. The highest BCUT2D eigenvalue weighted by Crippen LogP contribution is 2.18. The van der Waals surface area contributed by atoms with Gasteiger partial charge in [-0.15, -0.1) is 0 Å². The standard InChI is InChI=1S/C12H14N2O4/c1-3-11(15)13-12(18-4-2)9-5-7-10(8-6-9)14(16)17/h3,5-8,12H,1,4H2,2H3,(H,13,15). The molecule has 0 aromatic heterocycles. The van der Waals surface area contributed by atoms with Crippen LogP contribution in [0.4, 0.5) is 5.69 Å². The van der Waals surface area contributed by atoms with E-state index < -0.39 is 11.2 Å². The Bertz CT molecular complexity index is 442. The van der Waals surface area contributed by atoms with E-state index in [2.05, 4.69) is 11.9 Å². The van der Waals surface area contributed by atoms with E-state index in [4.69, 9.17) is 4.74 Å². The molecule has 0 aliphatic rings. The van der Waals surface area contributed by atoms with Crippen LogP contribution in [0.15, 0.2) is 36.9 Å². The van der Waals surface area contributed by atoms with Crippen LogP contribution >= 0.6 is 0 Å². The average molecular weight is 250 g/mol. The molecule has 18 heavy (non-hydrogen) atoms. The van der Waals surface area contributed by atoms with Gasteiger partial charge in [-0.3, -0.25) is 14.9 Å². The van der Waals surface area contributed by atoms with Crippen molar-refractivity contribution in [1.82, 2.24) is 5.32 Å². The Morgan fingerprint density at radius 3 is 2.61 bits per heavy atom. The first kappa shape index (κ1) is 13.9. The zero-order valence-corrected chi connectivity index (χ0v) is 9.96. The predicted molar refractivity (Wildman–Crippen MR) is 65.8 cm³/mol. The molecule has 1 atom stereocenters. The van der Waals surface area contributed by atoms with E-state index in [1.807, 2.05) is 0 Å². The second-order valence-corrected chi connectivity index (χ2v) is 3.40. The van der Waals surface area contributed by atoms with Crippen LogP contribution in [0.5, 0.6) is 0 Å². The number of rotatable bonds is 6. The van der Waals surface area contributed by atoms with Gasteiger partial charge in [-0.1, -0.05) is 6.58 Å². The number of nitro benzene ring substituents is 1. The fraction of sp³-hybridized carbons (Fsp3) is 0.250. The zero-order chi connectivity index (χ0) is 13.5. The van der Waals surface area contributed by atoms with Gasteiger partial charge < -0.3 is 10.1 Å². The third-order valence-corrected chi connectivity index (χ3v) is 2.20. The molecule has 1 aromatic carbocycles. The molecule has 0 radical (unpaired) electrons. The van der Waals surface area contributed by atoms with Gasteiger partial charge in [0.2, 0.25) is 5.91 Å². The molecular formula is C12H14N2O4. The summed E-state index contributed by atoms with van der Waals surface area (Å²) in [5, 5.41) is 13.1. The number of carbonyl (C=O) groups excluding carboxylic acids is 1. The van der Waals surface area contributed by atoms with Crippen LogP contribution in [0.1, 0.15) is 18.7 Å². The minimum Gasteiger partial charge on any atom is -0.354 e. The molecule has 0 spiro atoms. The Morgan fingerprint density at radius 1 is 1.56 bits per heavy atom. The number of amides is 1. The van der Waals surface area contributed by atoms with E-state index in [-0.39, 0.29) is 11.6 Å². The lowest BCUT2D eigenvalue weighted by Gasteiger charge is -2.17. The smallest absolute Gasteiger partial charge is 0.269 e. The third kappa shape index (κ3) is 3.67. The van der Waals surface area contributed by atoms with Gasteiger partial charge in [-0.05, 0) is 25.1 Å². The van der Waals surface area contributed by atoms with E-state index in [1.165, 1.54) is 12.1 Å². The molecule has 0 aliphatic heterocycles. The summed E-state index contributed by atoms with van der Waals surface area (Å²) in [6, 6.07) is 5.81. The number of carbonyl (C=O) groups is 1. The molecule has 1 rings (SSSR count). The number of non-ortho nitro benzene ring substituents is 1. The molecule has 6 heteroatoms. The third-order valence-electron chi connectivity index (χ3n) is 2.20. The number of benzene rings is 1. The summed E-state index contributed by atoms with van der Waals surface area (Å²) in [6.07, 6.45) is 0.499. The molecular weight excluding hydrogens is 236 g/mol. The molecule has 0 fully saturated rings. The van der Waals surface area contributed by atoms with Crippen LogP contribution in [0.2, 0.25) is 0 Å². The Labute approximate surface area is 104 Å². The van der Waals surface area contributed by atoms with E-state index >= 15 is 0 Å². The Kier molecular flexibility index (Phi) is 5.01. The molecule has 1 amide bonds. The number of hydrogen-bond donors (Lipinski definition) is 1. The maximum absolute atomic E-state index is 11.2. The topological polar surface area (TPSA) is 81.5 Å². The van der Waals surface area contributed by atoms with E-state index in [1.54, 1.807) is 19.1 Å². The molecule has 0 heterocycles. The van der Waals surface area contributed by atoms with Crippen LogP contribution < -0.4 is 5.32 Å². The first-order valence-electron chi connectivity index (χ1n) is 5.37. The summed E-state index contributed by atoms with van der Waals surface area (Å²) in [4.78, 5) is 21.3. The highest BCUT2D eigenvalue weighted by atomic mass is 16.6. The summed E-state index contributed by atoms with van der Waals surface area (Å²) in [5.41, 5.74) is 0.627. The Balaban J connectivity index is 2.87. The van der Waals surface area contributed by atoms with Crippen molar-refractivity contribution < 1.29 is 14.5 Å². The summed E-state index contributed by atoms with van der Waals surface area (Å²) < 4.78 is 5.35. The molecule has 1 aromatic rings. The van der Waals surface area contributed by atoms with Gasteiger partial charge in [0, 0.05) is 24.3 Å². The van der Waals surface area contributed by atoms with Crippen molar-refractivity contribution in [2.45, 2.75) is 13.2 Å². The Hall–Kier alpha value is -2.21. The maximum atomic E-state index is 11.2. The average Bonchev–Trinajstić information content (AvgIpc) is 2.38. The van der Waals surface area contributed by atoms with Crippen molar-refractivity contribution in [3.05, 3.63) is 52.6 Å². The van der Waals surface area contributed by atoms with Crippen molar-refractivity contribution in [1.29, 1.82) is 0 Å². The fourth-order valence-electron chi connectivity index (χ4n) is 1.35. The van der Waals surface area contributed by atoms with E-state index in [0.717, 1.165) is 6.08 Å². The van der Waals surface area contributed by atoms with Crippen molar-refractivity contribution in [2.75, 3.05) is 6.61 Å². The molecule has 0 saturated carbocycles. The minimum absolute atomic E-state index is 0.0101. The summed E-state index contributed by atoms with van der Waals surface area (Å²) >= 11 is 0. The molecule has 0 saturated heterocycles. The molecule has 0 bridgehead atoms. The van der Waals surface area contributed by atoms with Gasteiger partial charge in [0.05, 0.1) is 4.92 Å². The second kappa shape index (κ2) is 6.51. The SMILES string of the molecule is C=CC(=O)NC(OCC)c1ccc([N+](=O)[O-])cc1. The normalized spacial score (nSPS) is 11.6. The van der Waals surface area contributed by atoms with Gasteiger partial charge in [0.1, 0.15) is 0 Å². The van der Waals surface area contributed by atoms with Crippen LogP contribution in [0.25, 0.3) is 0 Å². The summed E-state index contributed by atoms with van der Waals surface area (Å²) in [5.74, 6) is -0.369. The van der Waals surface area contributed by atoms with Crippen LogP contribution in [-0.2, 0) is 9.53 Å². The van der Waals surface area contributed by atoms with Crippen LogP contribution in [-0.4, -0.2) is 17.4 Å². The quantitative estimate of drug-likeness (QED) is 0.362. The molecule has 6 nitrogen and oxygen atoms in total. The van der Waals surface area contributed by atoms with Gasteiger partial charge in [-0.25, -0.2) is 0 Å². The molecule has 1 unspecified atom stereocenters. The minimum atomic E-state index is -0.638. The number of hydrogen-bond acceptors (Lipinski definition) is 4. The van der Waals surface area contributed by atoms with Gasteiger partial charge >= 0.3 is 0 Å². The number of nitrogens with one attached hydrogen (secondary N) is 1. The van der Waals surface area contributed by atoms with E-state index in [0.29, 0.717) is 12.2 Å². The van der Waals surface area contributed by atoms with Crippen molar-refractivity contribution in [3.8, 4) is 0 Å². The van der Waals surface area contributed by atoms with Crippen LogP contribution in [0.3, 0.4) is 0 Å². The first-order chi connectivity index (χ1) is 8.58. The van der Waals surface area contributed by atoms with Gasteiger partial charge in [0.15, 0.2) is 6.23 Å². The highest BCUT2D eigenvalue weighted by Gasteiger charge is 2.14. The highest BCUT2D eigenvalue weighted by molar-refractivity contribution is 5.87.